The quantitative estimate of drug-likeness (QED) is 0.771. The van der Waals surface area contributed by atoms with Crippen LogP contribution < -0.4 is 11.1 Å². The molecule has 5 unspecified atom stereocenters. The van der Waals surface area contributed by atoms with Crippen LogP contribution in [-0.4, -0.2) is 18.0 Å². The summed E-state index contributed by atoms with van der Waals surface area (Å²) >= 11 is 0. The fraction of sp³-hybridized carbons (Fsp3) is 0.593. The predicted molar refractivity (Wildman–Crippen MR) is 120 cm³/mol. The second kappa shape index (κ2) is 6.09. The molecule has 0 aliphatic heterocycles. The minimum Gasteiger partial charge on any atom is -0.353 e. The molecule has 1 aromatic carbocycles. The molecule has 6 rings (SSSR count). The Morgan fingerprint density at radius 1 is 1.07 bits per heavy atom. The van der Waals surface area contributed by atoms with Crippen LogP contribution in [0.2, 0.25) is 0 Å². The molecule has 158 valence electrons. The number of allylic oxidation sites excluding steroid dienone is 4. The number of nitrogens with one attached hydrogen (secondary N) is 1. The van der Waals surface area contributed by atoms with Crippen LogP contribution in [0, 0.1) is 22.7 Å². The largest absolute Gasteiger partial charge is 0.353 e. The average Bonchev–Trinajstić information content (AvgIpc) is 2.68. The van der Waals surface area contributed by atoms with Crippen molar-refractivity contribution in [2.75, 3.05) is 0 Å². The second-order valence-electron chi connectivity index (χ2n) is 11.1. The van der Waals surface area contributed by atoms with E-state index in [4.69, 9.17) is 5.73 Å². The van der Waals surface area contributed by atoms with Gasteiger partial charge in [-0.15, -0.1) is 0 Å². The molecule has 0 radical (unpaired) electrons. The van der Waals surface area contributed by atoms with Gasteiger partial charge in [-0.2, -0.15) is 0 Å². The fourth-order valence-electron chi connectivity index (χ4n) is 8.54. The van der Waals surface area contributed by atoms with Gasteiger partial charge >= 0.3 is 0 Å². The van der Waals surface area contributed by atoms with Gasteiger partial charge in [0.05, 0.1) is 5.41 Å². The molecule has 0 aromatic heterocycles. The summed E-state index contributed by atoms with van der Waals surface area (Å²) in [4.78, 5) is 13.7. The van der Waals surface area contributed by atoms with Crippen LogP contribution in [0.25, 0.3) is 0 Å². The molecule has 5 saturated carbocycles. The van der Waals surface area contributed by atoms with Gasteiger partial charge in [-0.3, -0.25) is 4.79 Å². The van der Waals surface area contributed by atoms with Gasteiger partial charge in [0, 0.05) is 22.9 Å². The maximum Gasteiger partial charge on any atom is 0.227 e. The number of carbonyl (C=O) groups is 1. The predicted octanol–water partition coefficient (Wildman–Crippen LogP) is 4.63. The molecule has 0 saturated heterocycles. The molecular formula is C27H34N2O. The van der Waals surface area contributed by atoms with Crippen LogP contribution in [-0.2, 0) is 10.2 Å². The third-order valence-electron chi connectivity index (χ3n) is 9.67. The van der Waals surface area contributed by atoms with E-state index in [2.05, 4.69) is 61.6 Å². The second-order valence-corrected chi connectivity index (χ2v) is 11.1. The Bertz CT molecular complexity index is 942. The zero-order chi connectivity index (χ0) is 20.7. The lowest BCUT2D eigenvalue weighted by Crippen LogP contribution is -2.95. The first-order chi connectivity index (χ1) is 14.4. The van der Waals surface area contributed by atoms with Gasteiger partial charge in [-0.05, 0) is 76.2 Å². The van der Waals surface area contributed by atoms with Gasteiger partial charge in [0.1, 0.15) is 0 Å². The van der Waals surface area contributed by atoms with E-state index in [1.165, 1.54) is 17.6 Å². The van der Waals surface area contributed by atoms with Crippen LogP contribution >= 0.6 is 0 Å². The normalized spacial score (nSPS) is 46.2. The first kappa shape index (κ1) is 18.9. The van der Waals surface area contributed by atoms with Crippen LogP contribution in [0.4, 0.5) is 0 Å². The molecule has 5 aliphatic carbocycles. The van der Waals surface area contributed by atoms with E-state index in [9.17, 15) is 4.79 Å². The third kappa shape index (κ3) is 1.99. The van der Waals surface area contributed by atoms with Gasteiger partial charge < -0.3 is 11.1 Å². The highest BCUT2D eigenvalue weighted by Crippen LogP contribution is 2.98. The zero-order valence-electron chi connectivity index (χ0n) is 18.3. The molecule has 0 heterocycles. The standard InChI is InChI=1S/C27H34N2O/c1-17(2)8-13-21-22-14-25(18-6-4-3-5-7-18)16-26(15-23(21)27(22,25)26)24(30)29-20-11-9-19(28)10-12-20/h3-8,13,19-20,22-23H,9-12,14-16,28H2,1-2H3,(H,29,30)/b21-13+. The van der Waals surface area contributed by atoms with Crippen molar-refractivity contribution in [3.05, 3.63) is 59.2 Å². The molecule has 5 atom stereocenters. The molecular weight excluding hydrogens is 368 g/mol. The van der Waals surface area contributed by atoms with Crippen LogP contribution in [0.3, 0.4) is 0 Å². The Labute approximate surface area is 180 Å². The van der Waals surface area contributed by atoms with E-state index in [0.29, 0.717) is 29.8 Å². The molecule has 5 fully saturated rings. The molecule has 5 aliphatic rings. The number of nitrogens with two attached hydrogens (primary N) is 1. The van der Waals surface area contributed by atoms with E-state index in [1.807, 2.05) is 0 Å². The van der Waals surface area contributed by atoms with Gasteiger partial charge in [0.25, 0.3) is 0 Å². The first-order valence-electron chi connectivity index (χ1n) is 11.9. The fourth-order valence-corrected chi connectivity index (χ4v) is 8.54. The van der Waals surface area contributed by atoms with Crippen LogP contribution in [0.5, 0.6) is 0 Å². The number of hydrogen-bond donors (Lipinski definition) is 2. The highest BCUT2D eigenvalue weighted by molar-refractivity contribution is 5.91. The summed E-state index contributed by atoms with van der Waals surface area (Å²) in [7, 11) is 0. The van der Waals surface area contributed by atoms with Crippen LogP contribution in [0.1, 0.15) is 64.4 Å². The summed E-state index contributed by atoms with van der Waals surface area (Å²) in [6, 6.07) is 11.7. The summed E-state index contributed by atoms with van der Waals surface area (Å²) in [6.45, 7) is 4.33. The SMILES string of the molecule is CC(C)=C/C=C1/C2CC3(C(=O)NC4CCC(N)CC4)CC4(c5ccccc5)CC1C234. The summed E-state index contributed by atoms with van der Waals surface area (Å²) in [5, 5.41) is 3.49. The molecule has 3 heteroatoms. The molecule has 0 bridgehead atoms. The number of amides is 1. The maximum absolute atomic E-state index is 13.7. The number of hydrogen-bond acceptors (Lipinski definition) is 2. The Kier molecular flexibility index (Phi) is 3.83. The van der Waals surface area contributed by atoms with Crippen molar-refractivity contribution >= 4 is 5.91 Å². The van der Waals surface area contributed by atoms with Crippen molar-refractivity contribution < 1.29 is 4.79 Å². The lowest BCUT2D eigenvalue weighted by molar-refractivity contribution is -0.397. The molecule has 1 amide bonds. The van der Waals surface area contributed by atoms with Gasteiger partial charge in [-0.1, -0.05) is 53.6 Å². The highest BCUT2D eigenvalue weighted by atomic mass is 16.2. The molecule has 30 heavy (non-hydrogen) atoms. The maximum atomic E-state index is 13.7. The Balaban J connectivity index is 1.30. The zero-order valence-corrected chi connectivity index (χ0v) is 18.3. The Hall–Kier alpha value is -1.87. The van der Waals surface area contributed by atoms with Crippen LogP contribution in [0.15, 0.2) is 53.6 Å². The minimum atomic E-state index is -0.127. The minimum absolute atomic E-state index is 0.127. The number of carbonyl (C=O) groups excluding carboxylic acids is 1. The topological polar surface area (TPSA) is 55.1 Å². The van der Waals surface area contributed by atoms with Crippen molar-refractivity contribution in [3.8, 4) is 0 Å². The summed E-state index contributed by atoms with van der Waals surface area (Å²) in [6.07, 6.45) is 12.1. The summed E-state index contributed by atoms with van der Waals surface area (Å²) in [5.74, 6) is 1.56. The van der Waals surface area contributed by atoms with E-state index >= 15 is 0 Å². The smallest absolute Gasteiger partial charge is 0.227 e. The third-order valence-corrected chi connectivity index (χ3v) is 9.67. The van der Waals surface area contributed by atoms with E-state index in [-0.39, 0.29) is 16.2 Å². The lowest BCUT2D eigenvalue weighted by Gasteiger charge is -2.95. The summed E-state index contributed by atoms with van der Waals surface area (Å²) < 4.78 is 0. The lowest BCUT2D eigenvalue weighted by atomic mass is 9.06. The highest BCUT2D eigenvalue weighted by Gasteiger charge is 2.97. The number of rotatable bonds is 4. The van der Waals surface area contributed by atoms with E-state index in [0.717, 1.165) is 38.5 Å². The van der Waals surface area contributed by atoms with Crippen molar-refractivity contribution in [1.29, 1.82) is 0 Å². The molecule has 3 nitrogen and oxygen atoms in total. The van der Waals surface area contributed by atoms with Gasteiger partial charge in [0.2, 0.25) is 5.91 Å². The average molecular weight is 403 g/mol. The first-order valence-corrected chi connectivity index (χ1v) is 11.9. The van der Waals surface area contributed by atoms with Crippen molar-refractivity contribution in [2.45, 2.75) is 76.3 Å². The monoisotopic (exact) mass is 402 g/mol. The Morgan fingerprint density at radius 2 is 1.77 bits per heavy atom. The molecule has 1 spiro atoms. The number of benzene rings is 1. The Morgan fingerprint density at radius 3 is 2.43 bits per heavy atom. The van der Waals surface area contributed by atoms with Crippen molar-refractivity contribution in [3.63, 3.8) is 0 Å². The van der Waals surface area contributed by atoms with Gasteiger partial charge in [0.15, 0.2) is 0 Å². The van der Waals surface area contributed by atoms with Gasteiger partial charge in [-0.25, -0.2) is 0 Å². The molecule has 1 aromatic rings. The summed E-state index contributed by atoms with van der Waals surface area (Å²) in [5.41, 5.74) is 10.8. The van der Waals surface area contributed by atoms with Crippen molar-refractivity contribution in [1.82, 2.24) is 5.32 Å². The van der Waals surface area contributed by atoms with E-state index in [1.54, 1.807) is 5.57 Å². The van der Waals surface area contributed by atoms with Crippen molar-refractivity contribution in [2.24, 2.45) is 28.4 Å². The molecule has 3 N–H and O–H groups in total. The van der Waals surface area contributed by atoms with E-state index < -0.39 is 0 Å².